The van der Waals surface area contributed by atoms with Crippen LogP contribution in [0.3, 0.4) is 0 Å². The Morgan fingerprint density at radius 3 is 0.777 bits per heavy atom. The monoisotopic (exact) mass is 1480 g/mol. The van der Waals surface area contributed by atoms with Gasteiger partial charge in [0.05, 0.1) is 33.4 Å². The fraction of sp³-hybridized carbons (Fsp3) is 0.354. The number of thioether (sulfide) groups is 2. The Kier molecular flexibility index (Phi) is 24.8. The molecule has 0 unspecified atom stereocenters. The topological polar surface area (TPSA) is 50.3 Å². The van der Waals surface area contributed by atoms with Crippen LogP contribution in [0.5, 0.6) is 11.5 Å². The molecule has 12 rings (SSSR count). The van der Waals surface area contributed by atoms with Crippen LogP contribution in [-0.4, -0.2) is 31.9 Å². The Labute approximate surface area is 648 Å². The third kappa shape index (κ3) is 19.1. The molecule has 0 atom stereocenters. The number of hydrogen-bond donors (Lipinski definition) is 2. The van der Waals surface area contributed by atoms with E-state index in [1.165, 1.54) is 54.9 Å². The van der Waals surface area contributed by atoms with Crippen LogP contribution in [-0.2, 0) is 58.7 Å². The van der Waals surface area contributed by atoms with E-state index in [-0.39, 0.29) is 69.5 Å². The average Bonchev–Trinajstić information content (AvgIpc) is 1.62. The Morgan fingerprint density at radius 1 is 0.301 bits per heavy atom. The van der Waals surface area contributed by atoms with Gasteiger partial charge in [0.25, 0.3) is 0 Å². The van der Waals surface area contributed by atoms with Gasteiger partial charge in [-0.25, -0.2) is 0 Å². The third-order valence-corrected chi connectivity index (χ3v) is 21.2. The van der Waals surface area contributed by atoms with Crippen molar-refractivity contribution in [2.75, 3.05) is 12.5 Å². The summed E-state index contributed by atoms with van der Waals surface area (Å²) in [4.78, 5) is 2.32. The quantitative estimate of drug-likeness (QED) is 0.106. The molecular weight excluding hydrogens is 1370 g/mol. The normalized spacial score (nSPS) is 12.5. The Bertz CT molecular complexity index is 4470. The molecule has 0 saturated heterocycles. The maximum absolute atomic E-state index is 12.4. The van der Waals surface area contributed by atoms with Crippen LogP contribution >= 0.6 is 23.5 Å². The van der Waals surface area contributed by atoms with Crippen molar-refractivity contribution in [3.63, 3.8) is 0 Å². The van der Waals surface area contributed by atoms with E-state index in [2.05, 4.69) is 333 Å². The summed E-state index contributed by atoms with van der Waals surface area (Å²) in [6.45, 7) is 57.9. The predicted molar refractivity (Wildman–Crippen MR) is 450 cm³/mol. The molecule has 7 heteroatoms. The minimum absolute atomic E-state index is 0. The molecule has 0 aliphatic rings. The SMILES string of the molecule is CSc1ccccc1-c1cc(C(C)(C)CC(C)(C)C)cc(-n2c3cc(C(C)(C)C)ccc3c3ccc(C(C)(C)C)cc32)c1O.CSc1ccccc1-c1cc(C(C)(C)CC(C)(C)C)cc(-n2c3cc(C(C)(C)C)ccc3c3ccc(C(C)(C)C)cc32)c1O.[CH2-]c1ccccc1.[CH2-]c1ccccc1.[Zr+2]. The third-order valence-electron chi connectivity index (χ3n) is 19.6. The zero-order valence-electron chi connectivity index (χ0n) is 66.6. The predicted octanol–water partition coefficient (Wildman–Crippen LogP) is 28.1. The molecule has 10 aromatic carbocycles. The number of aromatic hydroxyl groups is 2. The molecule has 0 amide bonds. The van der Waals surface area contributed by atoms with Gasteiger partial charge < -0.3 is 19.3 Å². The molecular formula is C96H116N2O2S2Zr. The van der Waals surface area contributed by atoms with Gasteiger partial charge in [-0.05, 0) is 174 Å². The van der Waals surface area contributed by atoms with Crippen LogP contribution in [0.1, 0.15) is 210 Å². The van der Waals surface area contributed by atoms with Crippen LogP contribution in [0.4, 0.5) is 0 Å². The Hall–Kier alpha value is -7.28. The second kappa shape index (κ2) is 31.4. The van der Waals surface area contributed by atoms with E-state index >= 15 is 0 Å². The first-order valence-electron chi connectivity index (χ1n) is 36.4. The summed E-state index contributed by atoms with van der Waals surface area (Å²) >= 11 is 3.44. The zero-order chi connectivity index (χ0) is 75.0. The molecule has 0 aliphatic carbocycles. The number of fused-ring (bicyclic) bond motifs is 6. The molecule has 0 spiro atoms. The molecule has 0 aliphatic heterocycles. The van der Waals surface area contributed by atoms with Gasteiger partial charge in [0.1, 0.15) is 11.5 Å². The summed E-state index contributed by atoms with van der Waals surface area (Å²) in [5.41, 5.74) is 19.9. The summed E-state index contributed by atoms with van der Waals surface area (Å²) < 4.78 is 4.68. The van der Waals surface area contributed by atoms with Crippen LogP contribution < -0.4 is 0 Å². The van der Waals surface area contributed by atoms with Crippen molar-refractivity contribution in [3.05, 3.63) is 265 Å². The number of benzene rings is 10. The van der Waals surface area contributed by atoms with Crippen molar-refractivity contribution in [2.45, 2.75) is 207 Å². The van der Waals surface area contributed by atoms with Gasteiger partial charge in [0.2, 0.25) is 0 Å². The minimum atomic E-state index is -0.115. The fourth-order valence-corrected chi connectivity index (χ4v) is 16.0. The van der Waals surface area contributed by atoms with Gasteiger partial charge in [-0.1, -0.05) is 249 Å². The molecule has 0 radical (unpaired) electrons. The standard InChI is InChI=1S/2C41H51NOS.2C7H7.Zr/c2*1-38(2,3)25-41(10,11)28-21-32(31-15-13-14-16-36(31)44-12)37(43)35(24-28)42-33-22-26(39(4,5)6)17-19-29(33)30-20-18-27(23-34(30)42)40(7,8)9;2*1-7-5-3-2-4-6-7;/h2*13-24,43H,25H2,1-12H3;2*2-6H,1H2;/q;;2*-1;+2. The Morgan fingerprint density at radius 2 is 0.553 bits per heavy atom. The summed E-state index contributed by atoms with van der Waals surface area (Å²) in [6.07, 6.45) is 6.26. The molecule has 4 nitrogen and oxygen atoms in total. The van der Waals surface area contributed by atoms with E-state index in [4.69, 9.17) is 0 Å². The van der Waals surface area contributed by atoms with Crippen LogP contribution in [0.25, 0.3) is 77.2 Å². The molecule has 0 saturated carbocycles. The van der Waals surface area contributed by atoms with E-state index in [1.54, 1.807) is 23.5 Å². The number of rotatable bonds is 10. The van der Waals surface area contributed by atoms with Gasteiger partial charge in [-0.15, -0.1) is 47.8 Å². The van der Waals surface area contributed by atoms with E-state index in [0.717, 1.165) is 89.5 Å². The molecule has 538 valence electrons. The minimum Gasteiger partial charge on any atom is -0.505 e. The van der Waals surface area contributed by atoms with E-state index in [0.29, 0.717) is 11.5 Å². The van der Waals surface area contributed by atoms with Crippen molar-refractivity contribution < 1.29 is 36.4 Å². The summed E-state index contributed by atoms with van der Waals surface area (Å²) in [5, 5.41) is 29.6. The van der Waals surface area contributed by atoms with Gasteiger partial charge in [-0.2, -0.15) is 49.2 Å². The molecule has 2 aromatic heterocycles. The van der Waals surface area contributed by atoms with Gasteiger partial charge >= 0.3 is 26.2 Å². The second-order valence-corrected chi connectivity index (χ2v) is 37.7. The summed E-state index contributed by atoms with van der Waals surface area (Å²) in [6, 6.07) is 73.2. The van der Waals surface area contributed by atoms with Crippen molar-refractivity contribution in [1.82, 2.24) is 9.13 Å². The summed E-state index contributed by atoms with van der Waals surface area (Å²) in [7, 11) is 0. The largest absolute Gasteiger partial charge is 2.00 e. The molecule has 2 N–H and O–H groups in total. The maximum Gasteiger partial charge on any atom is 2.00 e. The molecule has 12 aromatic rings. The maximum atomic E-state index is 12.4. The fourth-order valence-electron chi connectivity index (χ4n) is 14.7. The average molecular weight is 1490 g/mol. The second-order valence-electron chi connectivity index (χ2n) is 36.0. The zero-order valence-corrected chi connectivity index (χ0v) is 70.7. The van der Waals surface area contributed by atoms with Crippen molar-refractivity contribution >= 4 is 67.1 Å². The number of phenolic OH excluding ortho intramolecular Hbond substituents is 2. The number of aromatic nitrogens is 2. The summed E-state index contributed by atoms with van der Waals surface area (Å²) in [5.74, 6) is 0.644. The van der Waals surface area contributed by atoms with Crippen LogP contribution in [0, 0.1) is 24.7 Å². The van der Waals surface area contributed by atoms with E-state index in [9.17, 15) is 10.2 Å². The van der Waals surface area contributed by atoms with Crippen molar-refractivity contribution in [2.24, 2.45) is 10.8 Å². The molecule has 103 heavy (non-hydrogen) atoms. The van der Waals surface area contributed by atoms with Gasteiger partial charge in [0.15, 0.2) is 0 Å². The Balaban J connectivity index is 0.000000217. The van der Waals surface area contributed by atoms with Gasteiger partial charge in [0, 0.05) is 42.5 Å². The number of hydrogen-bond acceptors (Lipinski definition) is 4. The number of nitrogens with zero attached hydrogens (tertiary/aromatic N) is 2. The number of phenols is 2. The first kappa shape index (κ1) is 81.4. The van der Waals surface area contributed by atoms with Gasteiger partial charge in [-0.3, -0.25) is 0 Å². The first-order chi connectivity index (χ1) is 47.4. The molecule has 0 fully saturated rings. The van der Waals surface area contributed by atoms with E-state index in [1.807, 2.05) is 60.7 Å². The van der Waals surface area contributed by atoms with E-state index < -0.39 is 0 Å². The molecule has 0 bridgehead atoms. The van der Waals surface area contributed by atoms with Crippen LogP contribution in [0.15, 0.2) is 216 Å². The first-order valence-corrected chi connectivity index (χ1v) is 38.8. The van der Waals surface area contributed by atoms with Crippen molar-refractivity contribution in [3.8, 4) is 45.1 Å². The van der Waals surface area contributed by atoms with Crippen LogP contribution in [0.2, 0.25) is 0 Å². The van der Waals surface area contributed by atoms with Crippen molar-refractivity contribution in [1.29, 1.82) is 0 Å². The molecule has 2 heterocycles. The smallest absolute Gasteiger partial charge is 0.505 e.